The third kappa shape index (κ3) is 4.73. The molecule has 2 heterocycles. The fourth-order valence-corrected chi connectivity index (χ4v) is 3.73. The first-order chi connectivity index (χ1) is 16.0. The number of nitrogens with zero attached hydrogens (tertiary/aromatic N) is 3. The molecule has 3 aromatic rings. The van der Waals surface area contributed by atoms with E-state index >= 15 is 0 Å². The number of hydrogen-bond acceptors (Lipinski definition) is 6. The first kappa shape index (κ1) is 22.5. The fraction of sp³-hybridized carbons (Fsp3) is 0.292. The van der Waals surface area contributed by atoms with E-state index in [1.165, 1.54) is 12.1 Å². The topological polar surface area (TPSA) is 89.7 Å². The number of aromatic nitrogens is 2. The predicted octanol–water partition coefficient (Wildman–Crippen LogP) is 4.42. The minimum atomic E-state index is -0.578. The van der Waals surface area contributed by atoms with Crippen molar-refractivity contribution in [2.24, 2.45) is 0 Å². The summed E-state index contributed by atoms with van der Waals surface area (Å²) < 4.78 is 29.8. The van der Waals surface area contributed by atoms with Crippen molar-refractivity contribution >= 4 is 11.6 Å². The number of benzene rings is 2. The summed E-state index contributed by atoms with van der Waals surface area (Å²) in [5.41, 5.74) is 2.77. The van der Waals surface area contributed by atoms with Crippen LogP contribution in [0.5, 0.6) is 5.75 Å². The van der Waals surface area contributed by atoms with Crippen molar-refractivity contribution in [1.29, 1.82) is 0 Å². The highest BCUT2D eigenvalue weighted by atomic mass is 19.1. The molecule has 0 saturated carbocycles. The second kappa shape index (κ2) is 9.83. The molecular weight excluding hydrogens is 427 g/mol. The van der Waals surface area contributed by atoms with Crippen LogP contribution in [0.2, 0.25) is 0 Å². The van der Waals surface area contributed by atoms with Gasteiger partial charge in [0.1, 0.15) is 11.6 Å². The molecule has 1 aromatic heterocycles. The van der Waals surface area contributed by atoms with Gasteiger partial charge in [-0.15, -0.1) is 0 Å². The number of hydrogen-bond donors (Lipinski definition) is 1. The smallest absolute Gasteiger partial charge is 0.322 e. The molecule has 0 bridgehead atoms. The molecular formula is C24H25FN4O4. The number of nitrogens with one attached hydrogen (secondary N) is 1. The van der Waals surface area contributed by atoms with Crippen LogP contribution < -0.4 is 10.1 Å². The summed E-state index contributed by atoms with van der Waals surface area (Å²) in [6, 6.07) is 12.5. The standard InChI is InChI=1S/C24H25FN4O4/c1-4-32-19-11-7-17(8-12-19)22-27-23(33-28-22)20-15(2)29(13-14-31-3)24(30)26-21(20)16-5-9-18(25)10-6-16/h5-12,21H,4,13-14H2,1-3H3,(H,26,30). The number of amides is 2. The van der Waals surface area contributed by atoms with E-state index in [-0.39, 0.29) is 17.7 Å². The molecule has 4 rings (SSSR count). The van der Waals surface area contributed by atoms with E-state index < -0.39 is 6.04 Å². The third-order valence-corrected chi connectivity index (χ3v) is 5.40. The van der Waals surface area contributed by atoms with E-state index in [1.807, 2.05) is 38.1 Å². The van der Waals surface area contributed by atoms with E-state index in [9.17, 15) is 9.18 Å². The van der Waals surface area contributed by atoms with E-state index in [0.29, 0.717) is 42.4 Å². The maximum absolute atomic E-state index is 13.5. The van der Waals surface area contributed by atoms with Crippen LogP contribution in [-0.4, -0.2) is 47.9 Å². The van der Waals surface area contributed by atoms with Crippen molar-refractivity contribution in [1.82, 2.24) is 20.4 Å². The van der Waals surface area contributed by atoms with Gasteiger partial charge in [-0.05, 0) is 55.8 Å². The van der Waals surface area contributed by atoms with Crippen LogP contribution in [0.4, 0.5) is 9.18 Å². The zero-order chi connectivity index (χ0) is 23.4. The molecule has 1 N–H and O–H groups in total. The molecule has 9 heteroatoms. The molecule has 1 aliphatic rings. The minimum Gasteiger partial charge on any atom is -0.494 e. The average Bonchev–Trinajstić information content (AvgIpc) is 3.29. The van der Waals surface area contributed by atoms with E-state index in [1.54, 1.807) is 24.1 Å². The molecule has 2 amide bonds. The zero-order valence-corrected chi connectivity index (χ0v) is 18.7. The van der Waals surface area contributed by atoms with Gasteiger partial charge in [-0.2, -0.15) is 4.98 Å². The quantitative estimate of drug-likeness (QED) is 0.544. The Balaban J connectivity index is 1.74. The molecule has 0 fully saturated rings. The zero-order valence-electron chi connectivity index (χ0n) is 18.7. The van der Waals surface area contributed by atoms with Crippen LogP contribution in [-0.2, 0) is 4.74 Å². The van der Waals surface area contributed by atoms with Crippen molar-refractivity contribution in [3.8, 4) is 17.1 Å². The number of carbonyl (C=O) groups is 1. The van der Waals surface area contributed by atoms with Crippen molar-refractivity contribution in [2.75, 3.05) is 26.9 Å². The van der Waals surface area contributed by atoms with Gasteiger partial charge < -0.3 is 19.3 Å². The molecule has 8 nitrogen and oxygen atoms in total. The molecule has 0 aliphatic carbocycles. The van der Waals surface area contributed by atoms with Gasteiger partial charge in [-0.1, -0.05) is 17.3 Å². The van der Waals surface area contributed by atoms with Gasteiger partial charge in [0.05, 0.1) is 31.4 Å². The molecule has 1 atom stereocenters. The van der Waals surface area contributed by atoms with E-state index in [0.717, 1.165) is 11.3 Å². The molecule has 1 aliphatic heterocycles. The first-order valence-corrected chi connectivity index (χ1v) is 10.6. The SMILES string of the molecule is CCOc1ccc(-c2noc(C3=C(C)N(CCOC)C(=O)NC3c3ccc(F)cc3)n2)cc1. The normalized spacial score (nSPS) is 16.2. The summed E-state index contributed by atoms with van der Waals surface area (Å²) in [6.07, 6.45) is 0. The minimum absolute atomic E-state index is 0.271. The Hall–Kier alpha value is -3.72. The van der Waals surface area contributed by atoms with E-state index in [2.05, 4.69) is 15.5 Å². The van der Waals surface area contributed by atoms with Crippen LogP contribution >= 0.6 is 0 Å². The molecule has 33 heavy (non-hydrogen) atoms. The number of halogens is 1. The Morgan fingerprint density at radius 2 is 1.88 bits per heavy atom. The molecule has 2 aromatic carbocycles. The summed E-state index contributed by atoms with van der Waals surface area (Å²) in [5, 5.41) is 7.11. The highest BCUT2D eigenvalue weighted by Crippen LogP contribution is 2.37. The number of allylic oxidation sites excluding steroid dienone is 1. The van der Waals surface area contributed by atoms with Gasteiger partial charge in [0, 0.05) is 18.4 Å². The highest BCUT2D eigenvalue weighted by molar-refractivity contribution is 5.86. The third-order valence-electron chi connectivity index (χ3n) is 5.40. The second-order valence-electron chi connectivity index (χ2n) is 7.46. The maximum Gasteiger partial charge on any atom is 0.322 e. The molecule has 0 saturated heterocycles. The highest BCUT2D eigenvalue weighted by Gasteiger charge is 2.35. The second-order valence-corrected chi connectivity index (χ2v) is 7.46. The summed E-state index contributed by atoms with van der Waals surface area (Å²) >= 11 is 0. The van der Waals surface area contributed by atoms with Crippen LogP contribution in [0.1, 0.15) is 31.3 Å². The number of carbonyl (C=O) groups excluding carboxylic acids is 1. The summed E-state index contributed by atoms with van der Waals surface area (Å²) in [4.78, 5) is 19.0. The summed E-state index contributed by atoms with van der Waals surface area (Å²) in [7, 11) is 1.57. The van der Waals surface area contributed by atoms with Crippen molar-refractivity contribution in [3.63, 3.8) is 0 Å². The van der Waals surface area contributed by atoms with Gasteiger partial charge in [-0.3, -0.25) is 4.90 Å². The molecule has 1 unspecified atom stereocenters. The maximum atomic E-state index is 13.5. The van der Waals surface area contributed by atoms with Gasteiger partial charge in [0.15, 0.2) is 0 Å². The lowest BCUT2D eigenvalue weighted by molar-refractivity contribution is 0.158. The number of methoxy groups -OCH3 is 1. The number of urea groups is 1. The number of rotatable bonds is 8. The van der Waals surface area contributed by atoms with Gasteiger partial charge >= 0.3 is 6.03 Å². The molecule has 0 radical (unpaired) electrons. The average molecular weight is 452 g/mol. The summed E-state index contributed by atoms with van der Waals surface area (Å²) in [5.74, 6) is 1.07. The Kier molecular flexibility index (Phi) is 6.69. The lowest BCUT2D eigenvalue weighted by Gasteiger charge is -2.35. The Labute approximate surface area is 191 Å². The van der Waals surface area contributed by atoms with Gasteiger partial charge in [-0.25, -0.2) is 9.18 Å². The molecule has 0 spiro atoms. The molecule has 172 valence electrons. The monoisotopic (exact) mass is 452 g/mol. The van der Waals surface area contributed by atoms with Crippen LogP contribution in [0, 0.1) is 5.82 Å². The van der Waals surface area contributed by atoms with Crippen LogP contribution in [0.25, 0.3) is 17.0 Å². The first-order valence-electron chi connectivity index (χ1n) is 10.6. The summed E-state index contributed by atoms with van der Waals surface area (Å²) in [6.45, 7) is 5.04. The van der Waals surface area contributed by atoms with Gasteiger partial charge in [0.2, 0.25) is 5.82 Å². The fourth-order valence-electron chi connectivity index (χ4n) is 3.73. The van der Waals surface area contributed by atoms with Crippen molar-refractivity contribution < 1.29 is 23.2 Å². The van der Waals surface area contributed by atoms with E-state index in [4.69, 9.17) is 14.0 Å². The predicted molar refractivity (Wildman–Crippen MR) is 120 cm³/mol. The van der Waals surface area contributed by atoms with Crippen molar-refractivity contribution in [3.05, 3.63) is 71.5 Å². The lowest BCUT2D eigenvalue weighted by atomic mass is 9.94. The van der Waals surface area contributed by atoms with Crippen LogP contribution in [0.3, 0.4) is 0 Å². The number of ether oxygens (including phenoxy) is 2. The van der Waals surface area contributed by atoms with Gasteiger partial charge in [0.25, 0.3) is 5.89 Å². The van der Waals surface area contributed by atoms with Crippen LogP contribution in [0.15, 0.2) is 58.8 Å². The Morgan fingerprint density at radius 3 is 2.55 bits per heavy atom. The lowest BCUT2D eigenvalue weighted by Crippen LogP contribution is -2.47. The Morgan fingerprint density at radius 1 is 1.15 bits per heavy atom. The largest absolute Gasteiger partial charge is 0.494 e. The van der Waals surface area contributed by atoms with Crippen molar-refractivity contribution in [2.45, 2.75) is 19.9 Å². The Bertz CT molecular complexity index is 1140.